The van der Waals surface area contributed by atoms with Crippen molar-refractivity contribution in [2.75, 3.05) is 25.6 Å². The molecule has 13 heteroatoms. The van der Waals surface area contributed by atoms with Crippen molar-refractivity contribution in [2.45, 2.75) is 19.1 Å². The average molecular weight is 406 g/mol. The third-order valence-corrected chi connectivity index (χ3v) is 3.43. The molecule has 0 aliphatic carbocycles. The van der Waals surface area contributed by atoms with E-state index in [1.54, 1.807) is 0 Å². The number of esters is 1. The van der Waals surface area contributed by atoms with Crippen LogP contribution in [0.4, 0.5) is 0 Å². The SMILES string of the molecule is C=CC(=O)OCC(O)CS(=O)(=O)O.C=CCOS(=O)(=O)OCC(C)O. The summed E-state index contributed by atoms with van der Waals surface area (Å²) in [7, 11) is -8.22. The van der Waals surface area contributed by atoms with Crippen molar-refractivity contribution >= 4 is 26.5 Å². The van der Waals surface area contributed by atoms with Crippen LogP contribution in [0.5, 0.6) is 0 Å². The molecular weight excluding hydrogens is 384 g/mol. The summed E-state index contributed by atoms with van der Waals surface area (Å²) in [6.07, 6.45) is -0.116. The van der Waals surface area contributed by atoms with E-state index in [1.807, 2.05) is 0 Å². The number of rotatable bonds is 11. The highest BCUT2D eigenvalue weighted by Gasteiger charge is 2.15. The standard InChI is InChI=1S/C6H10O6S.C6H12O5S/c1-2-6(8)12-3-5(7)4-13(9,10)11;1-3-4-10-12(8,9)11-5-6(2)7/h2,5,7H,1,3-4H2,(H,9,10,11);3,6-7H,1,4-5H2,2H3. The Morgan fingerprint density at radius 1 is 1.12 bits per heavy atom. The van der Waals surface area contributed by atoms with E-state index in [1.165, 1.54) is 13.0 Å². The first-order chi connectivity index (χ1) is 11.3. The lowest BCUT2D eigenvalue weighted by Crippen LogP contribution is -2.26. The topological polar surface area (TPSA) is 174 Å². The van der Waals surface area contributed by atoms with Crippen LogP contribution in [0.3, 0.4) is 0 Å². The lowest BCUT2D eigenvalue weighted by atomic mass is 10.4. The Bertz CT molecular complexity index is 607. The Kier molecular flexibility index (Phi) is 13.4. The number of aliphatic hydroxyl groups is 2. The number of carbonyl (C=O) groups is 1. The highest BCUT2D eigenvalue weighted by atomic mass is 32.3. The van der Waals surface area contributed by atoms with Crippen LogP contribution in [-0.2, 0) is 38.4 Å². The van der Waals surface area contributed by atoms with Gasteiger partial charge in [-0.25, -0.2) is 13.2 Å². The Morgan fingerprint density at radius 2 is 1.68 bits per heavy atom. The zero-order valence-corrected chi connectivity index (χ0v) is 15.1. The molecule has 0 heterocycles. The summed E-state index contributed by atoms with van der Waals surface area (Å²) in [5.41, 5.74) is 0. The molecule has 0 aliphatic rings. The van der Waals surface area contributed by atoms with Crippen LogP contribution in [0.15, 0.2) is 25.3 Å². The average Bonchev–Trinajstić information content (AvgIpc) is 2.48. The minimum absolute atomic E-state index is 0.137. The number of hydrogen-bond donors (Lipinski definition) is 3. The lowest BCUT2D eigenvalue weighted by molar-refractivity contribution is -0.140. The molecule has 0 saturated carbocycles. The number of aliphatic hydroxyl groups excluding tert-OH is 2. The molecule has 2 unspecified atom stereocenters. The summed E-state index contributed by atoms with van der Waals surface area (Å²) in [5.74, 6) is -1.63. The monoisotopic (exact) mass is 406 g/mol. The van der Waals surface area contributed by atoms with Crippen molar-refractivity contribution in [1.82, 2.24) is 0 Å². The van der Waals surface area contributed by atoms with Gasteiger partial charge in [-0.15, -0.1) is 6.58 Å². The zero-order chi connectivity index (χ0) is 20.1. The van der Waals surface area contributed by atoms with Gasteiger partial charge in [-0.05, 0) is 6.92 Å². The van der Waals surface area contributed by atoms with Crippen LogP contribution < -0.4 is 0 Å². The fourth-order valence-electron chi connectivity index (χ4n) is 0.876. The Hall–Kier alpha value is -1.35. The highest BCUT2D eigenvalue weighted by Crippen LogP contribution is 1.97. The van der Waals surface area contributed by atoms with Gasteiger partial charge in [-0.1, -0.05) is 12.7 Å². The summed E-state index contributed by atoms with van der Waals surface area (Å²) in [6.45, 7) is 6.82. The van der Waals surface area contributed by atoms with E-state index >= 15 is 0 Å². The molecule has 0 spiro atoms. The van der Waals surface area contributed by atoms with Crippen LogP contribution in [0.2, 0.25) is 0 Å². The normalized spacial score (nSPS) is 13.8. The summed E-state index contributed by atoms with van der Waals surface area (Å²) < 4.78 is 62.8. The summed E-state index contributed by atoms with van der Waals surface area (Å²) in [4.78, 5) is 10.4. The van der Waals surface area contributed by atoms with Gasteiger partial charge in [0.25, 0.3) is 10.1 Å². The first-order valence-electron chi connectivity index (χ1n) is 6.58. The predicted molar refractivity (Wildman–Crippen MR) is 86.3 cm³/mol. The van der Waals surface area contributed by atoms with Crippen molar-refractivity contribution in [3.05, 3.63) is 25.3 Å². The van der Waals surface area contributed by atoms with Crippen molar-refractivity contribution in [3.8, 4) is 0 Å². The smallest absolute Gasteiger partial charge is 0.400 e. The van der Waals surface area contributed by atoms with Gasteiger partial charge in [0, 0.05) is 6.08 Å². The first-order valence-corrected chi connectivity index (χ1v) is 9.52. The molecule has 0 aromatic heterocycles. The molecule has 0 aliphatic heterocycles. The number of hydrogen-bond acceptors (Lipinski definition) is 10. The van der Waals surface area contributed by atoms with Crippen molar-refractivity contribution in [3.63, 3.8) is 0 Å². The predicted octanol–water partition coefficient (Wildman–Crippen LogP) is -1.20. The zero-order valence-electron chi connectivity index (χ0n) is 13.5. The van der Waals surface area contributed by atoms with Crippen molar-refractivity contribution < 1.29 is 49.5 Å². The minimum Gasteiger partial charge on any atom is -0.460 e. The molecule has 0 bridgehead atoms. The van der Waals surface area contributed by atoms with E-state index in [0.29, 0.717) is 0 Å². The van der Waals surface area contributed by atoms with Crippen LogP contribution in [-0.4, -0.2) is 75.4 Å². The molecule has 0 amide bonds. The van der Waals surface area contributed by atoms with Gasteiger partial charge in [0.1, 0.15) is 18.5 Å². The van der Waals surface area contributed by atoms with E-state index in [4.69, 9.17) is 14.8 Å². The summed E-state index contributed by atoms with van der Waals surface area (Å²) in [6, 6.07) is 0. The maximum absolute atomic E-state index is 10.7. The Morgan fingerprint density at radius 3 is 2.08 bits per heavy atom. The molecule has 25 heavy (non-hydrogen) atoms. The van der Waals surface area contributed by atoms with Gasteiger partial charge in [0.2, 0.25) is 0 Å². The second-order valence-corrected chi connectivity index (χ2v) is 7.14. The molecule has 0 radical (unpaired) electrons. The van der Waals surface area contributed by atoms with E-state index in [0.717, 1.165) is 6.08 Å². The van der Waals surface area contributed by atoms with E-state index in [2.05, 4.69) is 26.3 Å². The highest BCUT2D eigenvalue weighted by molar-refractivity contribution is 7.85. The molecular formula is C12H22O11S2. The summed E-state index contributed by atoms with van der Waals surface area (Å²) in [5, 5.41) is 17.6. The second-order valence-electron chi connectivity index (χ2n) is 4.35. The van der Waals surface area contributed by atoms with E-state index < -0.39 is 51.1 Å². The molecule has 0 aromatic carbocycles. The van der Waals surface area contributed by atoms with Gasteiger partial charge >= 0.3 is 16.4 Å². The molecule has 3 N–H and O–H groups in total. The van der Waals surface area contributed by atoms with Gasteiger partial charge < -0.3 is 14.9 Å². The molecule has 11 nitrogen and oxygen atoms in total. The van der Waals surface area contributed by atoms with Gasteiger partial charge in [0.05, 0.1) is 19.3 Å². The maximum Gasteiger partial charge on any atom is 0.400 e. The van der Waals surface area contributed by atoms with Gasteiger partial charge in [-0.2, -0.15) is 16.8 Å². The maximum atomic E-state index is 10.7. The third-order valence-electron chi connectivity index (χ3n) is 1.77. The fourth-order valence-corrected chi connectivity index (χ4v) is 2.15. The third kappa shape index (κ3) is 20.6. The molecule has 0 saturated heterocycles. The Balaban J connectivity index is 0. The van der Waals surface area contributed by atoms with Gasteiger partial charge in [-0.3, -0.25) is 4.55 Å². The van der Waals surface area contributed by atoms with E-state index in [9.17, 15) is 21.6 Å². The number of carbonyl (C=O) groups excluding carboxylic acids is 1. The van der Waals surface area contributed by atoms with Gasteiger partial charge in [0.15, 0.2) is 0 Å². The fraction of sp³-hybridized carbons (Fsp3) is 0.583. The van der Waals surface area contributed by atoms with Crippen LogP contribution in [0, 0.1) is 0 Å². The van der Waals surface area contributed by atoms with Crippen LogP contribution in [0.1, 0.15) is 6.92 Å². The lowest BCUT2D eigenvalue weighted by Gasteiger charge is -2.07. The largest absolute Gasteiger partial charge is 0.460 e. The van der Waals surface area contributed by atoms with Crippen LogP contribution >= 0.6 is 0 Å². The molecule has 0 rings (SSSR count). The van der Waals surface area contributed by atoms with E-state index in [-0.39, 0.29) is 13.2 Å². The molecule has 2 atom stereocenters. The first kappa shape index (κ1) is 25.9. The second kappa shape index (κ2) is 12.9. The summed E-state index contributed by atoms with van der Waals surface area (Å²) >= 11 is 0. The quantitative estimate of drug-likeness (QED) is 0.163. The minimum atomic E-state index is -4.25. The Labute approximate surface area is 146 Å². The van der Waals surface area contributed by atoms with Crippen LogP contribution in [0.25, 0.3) is 0 Å². The molecule has 0 fully saturated rings. The van der Waals surface area contributed by atoms with Crippen molar-refractivity contribution in [1.29, 1.82) is 0 Å². The molecule has 0 aromatic rings. The van der Waals surface area contributed by atoms with Crippen molar-refractivity contribution in [2.24, 2.45) is 0 Å². The molecule has 148 valence electrons. The number of ether oxygens (including phenoxy) is 1.